The van der Waals surface area contributed by atoms with Crippen molar-refractivity contribution in [1.29, 1.82) is 0 Å². The lowest BCUT2D eigenvalue weighted by Crippen LogP contribution is -2.58. The Morgan fingerprint density at radius 3 is 2.78 bits per heavy atom. The minimum atomic E-state index is -0.631. The second-order valence-electron chi connectivity index (χ2n) is 6.23. The summed E-state index contributed by atoms with van der Waals surface area (Å²) < 4.78 is 0. The van der Waals surface area contributed by atoms with Crippen molar-refractivity contribution in [2.24, 2.45) is 5.73 Å². The molecule has 2 unspecified atom stereocenters. The minimum Gasteiger partial charge on any atom is -0.339 e. The first kappa shape index (κ1) is 16.0. The molecule has 23 heavy (non-hydrogen) atoms. The highest BCUT2D eigenvalue weighted by Crippen LogP contribution is 2.20. The van der Waals surface area contributed by atoms with Gasteiger partial charge in [-0.05, 0) is 18.4 Å². The van der Waals surface area contributed by atoms with Crippen LogP contribution in [0, 0.1) is 0 Å². The van der Waals surface area contributed by atoms with Gasteiger partial charge in [-0.25, -0.2) is 0 Å². The first-order chi connectivity index (χ1) is 11.2. The molecule has 2 atom stereocenters. The molecule has 3 rings (SSSR count). The Balaban J connectivity index is 1.66. The van der Waals surface area contributed by atoms with Gasteiger partial charge in [0.2, 0.25) is 11.8 Å². The number of nitrogens with zero attached hydrogens (tertiary/aromatic N) is 2. The van der Waals surface area contributed by atoms with Gasteiger partial charge in [-0.3, -0.25) is 9.59 Å². The third-order valence-corrected chi connectivity index (χ3v) is 4.70. The fourth-order valence-electron chi connectivity index (χ4n) is 3.42. The topological polar surface area (TPSA) is 78.7 Å². The van der Waals surface area contributed by atoms with E-state index < -0.39 is 6.04 Å². The summed E-state index contributed by atoms with van der Waals surface area (Å²) in [5.41, 5.74) is 6.97. The van der Waals surface area contributed by atoms with Crippen LogP contribution < -0.4 is 11.1 Å². The fraction of sp³-hybridized carbons (Fsp3) is 0.529. The normalized spacial score (nSPS) is 23.7. The van der Waals surface area contributed by atoms with E-state index in [0.29, 0.717) is 13.1 Å². The van der Waals surface area contributed by atoms with E-state index >= 15 is 0 Å². The van der Waals surface area contributed by atoms with Gasteiger partial charge in [0.1, 0.15) is 6.04 Å². The quantitative estimate of drug-likeness (QED) is 0.829. The highest BCUT2D eigenvalue weighted by molar-refractivity contribution is 5.83. The molecular weight excluding hydrogens is 292 g/mol. The summed E-state index contributed by atoms with van der Waals surface area (Å²) >= 11 is 0. The van der Waals surface area contributed by atoms with Gasteiger partial charge < -0.3 is 20.9 Å². The highest BCUT2D eigenvalue weighted by Gasteiger charge is 2.33. The summed E-state index contributed by atoms with van der Waals surface area (Å²) in [7, 11) is 0. The van der Waals surface area contributed by atoms with Crippen molar-refractivity contribution in [3.05, 3.63) is 35.9 Å². The number of piperidine rings is 1. The fourth-order valence-corrected chi connectivity index (χ4v) is 3.42. The predicted octanol–water partition coefficient (Wildman–Crippen LogP) is 0.109. The number of nitrogens with one attached hydrogen (secondary N) is 1. The average molecular weight is 316 g/mol. The maximum atomic E-state index is 12.7. The lowest BCUT2D eigenvalue weighted by Gasteiger charge is -2.41. The van der Waals surface area contributed by atoms with Gasteiger partial charge in [0.15, 0.2) is 0 Å². The Kier molecular flexibility index (Phi) is 4.93. The van der Waals surface area contributed by atoms with Crippen LogP contribution in [0.3, 0.4) is 0 Å². The highest BCUT2D eigenvalue weighted by atomic mass is 16.2. The van der Waals surface area contributed by atoms with Gasteiger partial charge in [0.05, 0.1) is 6.54 Å². The molecule has 2 aliphatic heterocycles. The van der Waals surface area contributed by atoms with Crippen LogP contribution in [0.25, 0.3) is 0 Å². The molecule has 2 fully saturated rings. The molecule has 1 aromatic carbocycles. The molecule has 1 aromatic rings. The summed E-state index contributed by atoms with van der Waals surface area (Å²) in [6.45, 7) is 3.24. The summed E-state index contributed by atoms with van der Waals surface area (Å²) in [4.78, 5) is 28.5. The van der Waals surface area contributed by atoms with E-state index in [2.05, 4.69) is 5.32 Å². The van der Waals surface area contributed by atoms with Gasteiger partial charge in [-0.15, -0.1) is 0 Å². The molecule has 2 aliphatic rings. The molecule has 2 amide bonds. The summed E-state index contributed by atoms with van der Waals surface area (Å²) in [5, 5.41) is 3.09. The van der Waals surface area contributed by atoms with Gasteiger partial charge in [-0.2, -0.15) is 0 Å². The van der Waals surface area contributed by atoms with Crippen LogP contribution in [0.4, 0.5) is 0 Å². The van der Waals surface area contributed by atoms with Crippen LogP contribution in [-0.4, -0.2) is 60.4 Å². The third-order valence-electron chi connectivity index (χ3n) is 4.70. The zero-order valence-corrected chi connectivity index (χ0v) is 13.3. The summed E-state index contributed by atoms with van der Waals surface area (Å²) in [6.07, 6.45) is 1.87. The number of piperazine rings is 1. The molecule has 0 bridgehead atoms. The predicted molar refractivity (Wildman–Crippen MR) is 87.6 cm³/mol. The van der Waals surface area contributed by atoms with Crippen LogP contribution in [0.15, 0.2) is 30.3 Å². The maximum Gasteiger partial charge on any atom is 0.244 e. The van der Waals surface area contributed by atoms with Crippen molar-refractivity contribution < 1.29 is 9.59 Å². The van der Waals surface area contributed by atoms with Crippen molar-refractivity contribution >= 4 is 11.8 Å². The number of rotatable bonds is 3. The van der Waals surface area contributed by atoms with Gasteiger partial charge in [-0.1, -0.05) is 30.3 Å². The van der Waals surface area contributed by atoms with Crippen LogP contribution in [0.1, 0.15) is 24.4 Å². The third kappa shape index (κ3) is 3.54. The van der Waals surface area contributed by atoms with Crippen LogP contribution in [0.5, 0.6) is 0 Å². The Hall–Kier alpha value is -1.92. The Labute approximate surface area is 136 Å². The molecule has 0 saturated carbocycles. The molecule has 0 radical (unpaired) electrons. The number of likely N-dealkylation sites (tertiary alicyclic amines) is 1. The molecule has 124 valence electrons. The van der Waals surface area contributed by atoms with E-state index in [4.69, 9.17) is 5.73 Å². The molecule has 0 spiro atoms. The van der Waals surface area contributed by atoms with Crippen LogP contribution in [0.2, 0.25) is 0 Å². The molecule has 2 heterocycles. The molecule has 0 aliphatic carbocycles. The van der Waals surface area contributed by atoms with Gasteiger partial charge >= 0.3 is 0 Å². The minimum absolute atomic E-state index is 0.0523. The van der Waals surface area contributed by atoms with E-state index in [1.165, 1.54) is 0 Å². The Morgan fingerprint density at radius 2 is 2.04 bits per heavy atom. The number of hydrogen-bond acceptors (Lipinski definition) is 4. The first-order valence-electron chi connectivity index (χ1n) is 8.26. The average Bonchev–Trinajstić information content (AvgIpc) is 2.62. The Morgan fingerprint density at radius 1 is 1.26 bits per heavy atom. The summed E-state index contributed by atoms with van der Waals surface area (Å²) in [5.74, 6) is 0.0754. The van der Waals surface area contributed by atoms with Gasteiger partial charge in [0.25, 0.3) is 0 Å². The molecule has 6 heteroatoms. The van der Waals surface area contributed by atoms with Gasteiger partial charge in [0, 0.05) is 32.2 Å². The lowest BCUT2D eigenvalue weighted by atomic mass is 10.0. The van der Waals surface area contributed by atoms with E-state index in [9.17, 15) is 9.59 Å². The molecular formula is C17H24N4O2. The van der Waals surface area contributed by atoms with E-state index in [-0.39, 0.29) is 17.9 Å². The second kappa shape index (κ2) is 7.10. The number of benzene rings is 1. The number of carbonyl (C=O) groups excluding carboxylic acids is 2. The van der Waals surface area contributed by atoms with Crippen molar-refractivity contribution in [1.82, 2.24) is 15.1 Å². The zero-order chi connectivity index (χ0) is 16.2. The zero-order valence-electron chi connectivity index (χ0n) is 13.3. The van der Waals surface area contributed by atoms with E-state index in [0.717, 1.165) is 38.0 Å². The van der Waals surface area contributed by atoms with Crippen molar-refractivity contribution in [3.63, 3.8) is 0 Å². The number of hydrogen-bond donors (Lipinski definition) is 2. The smallest absolute Gasteiger partial charge is 0.244 e. The van der Waals surface area contributed by atoms with E-state index in [1.807, 2.05) is 40.1 Å². The van der Waals surface area contributed by atoms with Crippen molar-refractivity contribution in [2.75, 3.05) is 32.7 Å². The van der Waals surface area contributed by atoms with E-state index in [1.54, 1.807) is 0 Å². The number of carbonyl (C=O) groups is 2. The van der Waals surface area contributed by atoms with Crippen molar-refractivity contribution in [3.8, 4) is 0 Å². The second-order valence-corrected chi connectivity index (χ2v) is 6.23. The number of amides is 2. The van der Waals surface area contributed by atoms with Crippen molar-refractivity contribution in [2.45, 2.75) is 24.9 Å². The lowest BCUT2D eigenvalue weighted by molar-refractivity contribution is -0.141. The molecule has 3 N–H and O–H groups in total. The van der Waals surface area contributed by atoms with Crippen LogP contribution in [-0.2, 0) is 9.59 Å². The molecule has 2 saturated heterocycles. The summed E-state index contributed by atoms with van der Waals surface area (Å²) in [6, 6.07) is 8.93. The molecule has 6 nitrogen and oxygen atoms in total. The number of nitrogens with two attached hydrogens (primary N) is 1. The SMILES string of the molecule is NC(C(=O)N1CCCC(N2CCNCC2=O)C1)c1ccccc1. The standard InChI is InChI=1S/C17H24N4O2/c18-16(13-5-2-1-3-6-13)17(23)20-9-4-7-14(12-20)21-10-8-19-11-15(21)22/h1-3,5-6,14,16,19H,4,7-12,18H2. The first-order valence-corrected chi connectivity index (χ1v) is 8.26. The largest absolute Gasteiger partial charge is 0.339 e. The molecule has 0 aromatic heterocycles. The maximum absolute atomic E-state index is 12.7. The Bertz CT molecular complexity index is 563. The monoisotopic (exact) mass is 316 g/mol. The van der Waals surface area contributed by atoms with Crippen LogP contribution >= 0.6 is 0 Å².